The molecule has 0 amide bonds. The molecule has 0 saturated carbocycles. The molecule has 2 aromatic rings. The lowest BCUT2D eigenvalue weighted by Crippen LogP contribution is -2.22. The minimum Gasteiger partial charge on any atom is -0.279 e. The molecule has 0 bridgehead atoms. The fourth-order valence-corrected chi connectivity index (χ4v) is 1.47. The molecule has 5 heteroatoms. The second kappa shape index (κ2) is 5.89. The summed E-state index contributed by atoms with van der Waals surface area (Å²) in [4.78, 5) is 18.9. The lowest BCUT2D eigenvalue weighted by Gasteiger charge is -2.19. The van der Waals surface area contributed by atoms with Crippen LogP contribution in [0.5, 0.6) is 0 Å². The molecule has 0 radical (unpaired) electrons. The Kier molecular flexibility index (Phi) is 3.96. The molecule has 0 aliphatic heterocycles. The van der Waals surface area contributed by atoms with Gasteiger partial charge in [-0.3, -0.25) is 4.90 Å². The van der Waals surface area contributed by atoms with E-state index < -0.39 is 0 Å². The SMILES string of the molecule is CCCCN(c1ncccn1)c1ncccn1. The summed E-state index contributed by atoms with van der Waals surface area (Å²) in [6.45, 7) is 2.97. The van der Waals surface area contributed by atoms with Crippen molar-refractivity contribution in [3.8, 4) is 0 Å². The number of hydrogen-bond acceptors (Lipinski definition) is 5. The Morgan fingerprint density at radius 2 is 1.35 bits per heavy atom. The van der Waals surface area contributed by atoms with Gasteiger partial charge in [-0.15, -0.1) is 0 Å². The van der Waals surface area contributed by atoms with Crippen LogP contribution < -0.4 is 4.90 Å². The minimum absolute atomic E-state index is 0.646. The van der Waals surface area contributed by atoms with Gasteiger partial charge in [-0.1, -0.05) is 13.3 Å². The normalized spacial score (nSPS) is 10.2. The van der Waals surface area contributed by atoms with Gasteiger partial charge in [-0.2, -0.15) is 0 Å². The summed E-state index contributed by atoms with van der Waals surface area (Å²) in [5.41, 5.74) is 0. The average molecular weight is 229 g/mol. The monoisotopic (exact) mass is 229 g/mol. The zero-order valence-electron chi connectivity index (χ0n) is 9.82. The van der Waals surface area contributed by atoms with Crippen LogP contribution in [0, 0.1) is 0 Å². The smallest absolute Gasteiger partial charge is 0.232 e. The van der Waals surface area contributed by atoms with Crippen molar-refractivity contribution in [1.29, 1.82) is 0 Å². The van der Waals surface area contributed by atoms with E-state index in [1.165, 1.54) is 0 Å². The Morgan fingerprint density at radius 1 is 0.882 bits per heavy atom. The molecule has 5 nitrogen and oxygen atoms in total. The molecule has 2 rings (SSSR count). The van der Waals surface area contributed by atoms with E-state index in [1.54, 1.807) is 36.9 Å². The quantitative estimate of drug-likeness (QED) is 0.786. The van der Waals surface area contributed by atoms with Crippen LogP contribution in [0.25, 0.3) is 0 Å². The van der Waals surface area contributed by atoms with Crippen molar-refractivity contribution in [2.24, 2.45) is 0 Å². The first-order valence-corrected chi connectivity index (χ1v) is 5.73. The zero-order valence-corrected chi connectivity index (χ0v) is 9.82. The van der Waals surface area contributed by atoms with Gasteiger partial charge in [-0.05, 0) is 18.6 Å². The summed E-state index contributed by atoms with van der Waals surface area (Å²) in [5.74, 6) is 1.29. The summed E-state index contributed by atoms with van der Waals surface area (Å²) in [5, 5.41) is 0. The number of unbranched alkanes of at least 4 members (excludes halogenated alkanes) is 1. The van der Waals surface area contributed by atoms with E-state index in [9.17, 15) is 0 Å². The predicted molar refractivity (Wildman–Crippen MR) is 66.0 cm³/mol. The van der Waals surface area contributed by atoms with E-state index >= 15 is 0 Å². The maximum atomic E-state index is 4.24. The first kappa shape index (κ1) is 11.4. The van der Waals surface area contributed by atoms with E-state index in [1.807, 2.05) is 4.90 Å². The number of rotatable bonds is 5. The topological polar surface area (TPSA) is 54.8 Å². The predicted octanol–water partition coefficient (Wildman–Crippen LogP) is 2.20. The average Bonchev–Trinajstić information content (AvgIpc) is 2.42. The number of nitrogens with zero attached hydrogens (tertiary/aromatic N) is 5. The molecule has 88 valence electrons. The van der Waals surface area contributed by atoms with Crippen LogP contribution in [0.1, 0.15) is 19.8 Å². The van der Waals surface area contributed by atoms with E-state index in [0.717, 1.165) is 19.4 Å². The molecule has 0 fully saturated rings. The molecule has 0 saturated heterocycles. The first-order chi connectivity index (χ1) is 8.42. The molecule has 0 atom stereocenters. The van der Waals surface area contributed by atoms with Gasteiger partial charge in [0, 0.05) is 31.3 Å². The molecular weight excluding hydrogens is 214 g/mol. The maximum absolute atomic E-state index is 4.24. The number of aromatic nitrogens is 4. The van der Waals surface area contributed by atoms with E-state index in [2.05, 4.69) is 26.9 Å². The van der Waals surface area contributed by atoms with E-state index in [4.69, 9.17) is 0 Å². The highest BCUT2D eigenvalue weighted by molar-refractivity contribution is 5.46. The third-order valence-electron chi connectivity index (χ3n) is 2.32. The van der Waals surface area contributed by atoms with Crippen LogP contribution in [-0.4, -0.2) is 26.5 Å². The van der Waals surface area contributed by atoms with Crippen molar-refractivity contribution in [1.82, 2.24) is 19.9 Å². The van der Waals surface area contributed by atoms with Crippen LogP contribution in [0.4, 0.5) is 11.9 Å². The molecule has 0 aliphatic carbocycles. The van der Waals surface area contributed by atoms with Crippen molar-refractivity contribution in [3.05, 3.63) is 36.9 Å². The maximum Gasteiger partial charge on any atom is 0.232 e. The molecule has 2 aromatic heterocycles. The van der Waals surface area contributed by atoms with Gasteiger partial charge in [0.1, 0.15) is 0 Å². The van der Waals surface area contributed by atoms with Crippen LogP contribution in [0.3, 0.4) is 0 Å². The fourth-order valence-electron chi connectivity index (χ4n) is 1.47. The van der Waals surface area contributed by atoms with Gasteiger partial charge >= 0.3 is 0 Å². The van der Waals surface area contributed by atoms with Crippen LogP contribution in [0.15, 0.2) is 36.9 Å². The van der Waals surface area contributed by atoms with E-state index in [0.29, 0.717) is 11.9 Å². The molecule has 0 N–H and O–H groups in total. The van der Waals surface area contributed by atoms with Crippen LogP contribution >= 0.6 is 0 Å². The van der Waals surface area contributed by atoms with Gasteiger partial charge < -0.3 is 0 Å². The summed E-state index contributed by atoms with van der Waals surface area (Å²) in [7, 11) is 0. The minimum atomic E-state index is 0.646. The first-order valence-electron chi connectivity index (χ1n) is 5.73. The third-order valence-corrected chi connectivity index (χ3v) is 2.32. The Morgan fingerprint density at radius 3 is 1.76 bits per heavy atom. The highest BCUT2D eigenvalue weighted by Crippen LogP contribution is 2.16. The largest absolute Gasteiger partial charge is 0.279 e. The van der Waals surface area contributed by atoms with Crippen molar-refractivity contribution in [2.45, 2.75) is 19.8 Å². The number of hydrogen-bond donors (Lipinski definition) is 0. The summed E-state index contributed by atoms with van der Waals surface area (Å²) in [6, 6.07) is 3.60. The molecule has 0 spiro atoms. The highest BCUT2D eigenvalue weighted by atomic mass is 15.3. The van der Waals surface area contributed by atoms with Gasteiger partial charge in [0.05, 0.1) is 0 Å². The molecule has 17 heavy (non-hydrogen) atoms. The zero-order chi connectivity index (χ0) is 11.9. The lowest BCUT2D eigenvalue weighted by atomic mass is 10.3. The lowest BCUT2D eigenvalue weighted by molar-refractivity contribution is 0.755. The molecule has 2 heterocycles. The Bertz CT molecular complexity index is 392. The van der Waals surface area contributed by atoms with Gasteiger partial charge in [0.15, 0.2) is 0 Å². The molecular formula is C12H15N5. The second-order valence-corrected chi connectivity index (χ2v) is 3.60. The van der Waals surface area contributed by atoms with Crippen molar-refractivity contribution in [2.75, 3.05) is 11.4 Å². The number of anilines is 2. The standard InChI is InChI=1S/C12H15N5/c1-2-3-10-17(11-13-6-4-7-14-11)12-15-8-5-9-16-12/h4-9H,2-3,10H2,1H3. The van der Waals surface area contributed by atoms with Gasteiger partial charge in [0.2, 0.25) is 11.9 Å². The van der Waals surface area contributed by atoms with Crippen molar-refractivity contribution in [3.63, 3.8) is 0 Å². The third kappa shape index (κ3) is 2.96. The van der Waals surface area contributed by atoms with Crippen molar-refractivity contribution >= 4 is 11.9 Å². The highest BCUT2D eigenvalue weighted by Gasteiger charge is 2.12. The van der Waals surface area contributed by atoms with Crippen LogP contribution in [-0.2, 0) is 0 Å². The summed E-state index contributed by atoms with van der Waals surface area (Å²) >= 11 is 0. The van der Waals surface area contributed by atoms with Crippen molar-refractivity contribution < 1.29 is 0 Å². The van der Waals surface area contributed by atoms with Crippen LogP contribution in [0.2, 0.25) is 0 Å². The molecule has 0 unspecified atom stereocenters. The molecule has 0 aliphatic rings. The second-order valence-electron chi connectivity index (χ2n) is 3.60. The Balaban J connectivity index is 2.26. The Hall–Kier alpha value is -2.04. The molecule has 0 aromatic carbocycles. The van der Waals surface area contributed by atoms with Gasteiger partial charge in [0.25, 0.3) is 0 Å². The summed E-state index contributed by atoms with van der Waals surface area (Å²) < 4.78 is 0. The fraction of sp³-hybridized carbons (Fsp3) is 0.333. The summed E-state index contributed by atoms with van der Waals surface area (Å²) in [6.07, 6.45) is 9.07. The van der Waals surface area contributed by atoms with E-state index in [-0.39, 0.29) is 0 Å². The van der Waals surface area contributed by atoms with Gasteiger partial charge in [-0.25, -0.2) is 19.9 Å². The Labute approximate surface area is 101 Å².